The summed E-state index contributed by atoms with van der Waals surface area (Å²) in [7, 11) is 1.43. The molecule has 1 N–H and O–H groups in total. The van der Waals surface area contributed by atoms with E-state index < -0.39 is 22.7 Å². The van der Waals surface area contributed by atoms with Gasteiger partial charge in [0.25, 0.3) is 5.69 Å². The first-order valence-corrected chi connectivity index (χ1v) is 4.83. The summed E-state index contributed by atoms with van der Waals surface area (Å²) in [6.07, 6.45) is 0. The number of ketones is 1. The molecule has 1 unspecified atom stereocenters. The third kappa shape index (κ3) is 1.87. The maximum absolute atomic E-state index is 11.6. The number of nitro benzene ring substituents is 1. The summed E-state index contributed by atoms with van der Waals surface area (Å²) >= 11 is 0. The molecule has 1 aromatic rings. The van der Waals surface area contributed by atoms with Gasteiger partial charge >= 0.3 is 5.91 Å². The van der Waals surface area contributed by atoms with E-state index in [0.29, 0.717) is 5.56 Å². The highest BCUT2D eigenvalue weighted by Gasteiger charge is 2.37. The Hall–Kier alpha value is -2.28. The highest BCUT2D eigenvalue weighted by Crippen LogP contribution is 2.23. The molecule has 7 heteroatoms. The number of nitro groups is 1. The van der Waals surface area contributed by atoms with Crippen LogP contribution in [0.4, 0.5) is 5.69 Å². The second-order valence-corrected chi connectivity index (χ2v) is 3.64. The smallest absolute Gasteiger partial charge is 0.286 e. The fourth-order valence-corrected chi connectivity index (χ4v) is 1.64. The lowest BCUT2D eigenvalue weighted by molar-refractivity contribution is -0.384. The van der Waals surface area contributed by atoms with Crippen molar-refractivity contribution in [2.75, 3.05) is 7.05 Å². The van der Waals surface area contributed by atoms with Crippen LogP contribution in [0.25, 0.3) is 0 Å². The van der Waals surface area contributed by atoms with E-state index >= 15 is 0 Å². The number of hydrazine groups is 1. The number of hydrogen-bond donors (Lipinski definition) is 1. The Balaban J connectivity index is 2.35. The number of benzene rings is 1. The van der Waals surface area contributed by atoms with Crippen molar-refractivity contribution in [2.45, 2.75) is 6.04 Å². The largest absolute Gasteiger partial charge is 0.305 e. The minimum Gasteiger partial charge on any atom is -0.286 e. The van der Waals surface area contributed by atoms with E-state index in [1.54, 1.807) is 6.07 Å². The van der Waals surface area contributed by atoms with Crippen molar-refractivity contribution in [3.8, 4) is 0 Å². The highest BCUT2D eigenvalue weighted by molar-refractivity contribution is 6.39. The van der Waals surface area contributed by atoms with E-state index in [4.69, 9.17) is 0 Å². The van der Waals surface area contributed by atoms with Crippen LogP contribution in [0.1, 0.15) is 11.6 Å². The summed E-state index contributed by atoms with van der Waals surface area (Å²) in [4.78, 5) is 32.9. The fourth-order valence-electron chi connectivity index (χ4n) is 1.64. The molecule has 0 aromatic heterocycles. The van der Waals surface area contributed by atoms with Crippen molar-refractivity contribution < 1.29 is 14.5 Å². The third-order valence-corrected chi connectivity index (χ3v) is 2.51. The van der Waals surface area contributed by atoms with E-state index in [0.717, 1.165) is 5.01 Å². The van der Waals surface area contributed by atoms with Crippen LogP contribution in [0.3, 0.4) is 0 Å². The molecule has 1 saturated heterocycles. The van der Waals surface area contributed by atoms with Crippen molar-refractivity contribution in [1.82, 2.24) is 10.4 Å². The zero-order valence-corrected chi connectivity index (χ0v) is 8.91. The van der Waals surface area contributed by atoms with E-state index in [-0.39, 0.29) is 5.69 Å². The third-order valence-electron chi connectivity index (χ3n) is 2.51. The zero-order chi connectivity index (χ0) is 12.6. The molecule has 17 heavy (non-hydrogen) atoms. The van der Waals surface area contributed by atoms with Crippen molar-refractivity contribution >= 4 is 17.4 Å². The van der Waals surface area contributed by atoms with Crippen molar-refractivity contribution in [3.63, 3.8) is 0 Å². The van der Waals surface area contributed by atoms with Crippen LogP contribution in [0.2, 0.25) is 0 Å². The Morgan fingerprint density at radius 3 is 2.65 bits per heavy atom. The van der Waals surface area contributed by atoms with Crippen LogP contribution in [0.5, 0.6) is 0 Å². The Morgan fingerprint density at radius 2 is 2.12 bits per heavy atom. The summed E-state index contributed by atoms with van der Waals surface area (Å²) in [6.45, 7) is 0. The first-order chi connectivity index (χ1) is 8.00. The highest BCUT2D eigenvalue weighted by atomic mass is 16.6. The number of nitrogens with zero attached hydrogens (tertiary/aromatic N) is 2. The van der Waals surface area contributed by atoms with Gasteiger partial charge in [0.15, 0.2) is 0 Å². The number of amides is 1. The van der Waals surface area contributed by atoms with Crippen molar-refractivity contribution in [2.24, 2.45) is 0 Å². The maximum atomic E-state index is 11.6. The number of Topliss-reactive ketones (excluding diaryl/α,β-unsaturated/α-hetero) is 1. The van der Waals surface area contributed by atoms with Gasteiger partial charge in [-0.05, 0) is 5.56 Å². The standard InChI is InChI=1S/C10H9N3O4/c1-12-10(15)9(14)8(11-12)6-3-2-4-7(5-6)13(16)17/h2-5,8,11H,1H3. The molecule has 88 valence electrons. The van der Waals surface area contributed by atoms with Gasteiger partial charge < -0.3 is 0 Å². The van der Waals surface area contributed by atoms with E-state index in [2.05, 4.69) is 5.43 Å². The normalized spacial score (nSPS) is 19.8. The molecule has 1 aromatic carbocycles. The summed E-state index contributed by atoms with van der Waals surface area (Å²) < 4.78 is 0. The summed E-state index contributed by atoms with van der Waals surface area (Å²) in [6, 6.07) is 4.81. The molecule has 7 nitrogen and oxygen atoms in total. The summed E-state index contributed by atoms with van der Waals surface area (Å²) in [5, 5.41) is 11.7. The molecule has 1 aliphatic heterocycles. The summed E-state index contributed by atoms with van der Waals surface area (Å²) in [5.74, 6) is -1.27. The number of non-ortho nitro benzene ring substituents is 1. The first kappa shape index (κ1) is 11.2. The molecular formula is C10H9N3O4. The molecule has 1 amide bonds. The number of carbonyl (C=O) groups is 2. The number of rotatable bonds is 2. The first-order valence-electron chi connectivity index (χ1n) is 4.83. The average Bonchev–Trinajstić information content (AvgIpc) is 2.57. The van der Waals surface area contributed by atoms with Crippen LogP contribution in [0, 0.1) is 10.1 Å². The lowest BCUT2D eigenvalue weighted by Gasteiger charge is -2.10. The Kier molecular flexibility index (Phi) is 2.60. The molecule has 2 rings (SSSR count). The molecule has 0 radical (unpaired) electrons. The molecule has 0 aliphatic carbocycles. The predicted molar refractivity (Wildman–Crippen MR) is 56.8 cm³/mol. The van der Waals surface area contributed by atoms with Crippen LogP contribution in [-0.2, 0) is 9.59 Å². The van der Waals surface area contributed by atoms with Crippen LogP contribution >= 0.6 is 0 Å². The Bertz CT molecular complexity index is 514. The second-order valence-electron chi connectivity index (χ2n) is 3.64. The second kappa shape index (κ2) is 3.95. The van der Waals surface area contributed by atoms with E-state index in [9.17, 15) is 19.7 Å². The minimum atomic E-state index is -0.840. The van der Waals surface area contributed by atoms with Gasteiger partial charge in [-0.1, -0.05) is 12.1 Å². The molecule has 1 aliphatic rings. The van der Waals surface area contributed by atoms with E-state index in [1.165, 1.54) is 25.2 Å². The zero-order valence-electron chi connectivity index (χ0n) is 8.91. The Labute approximate surface area is 96.1 Å². The van der Waals surface area contributed by atoms with Gasteiger partial charge in [0, 0.05) is 19.2 Å². The number of hydrogen-bond acceptors (Lipinski definition) is 5. The lowest BCUT2D eigenvalue weighted by Crippen LogP contribution is -2.30. The SMILES string of the molecule is CN1NC(c2cccc([N+](=O)[O-])c2)C(=O)C1=O. The van der Waals surface area contributed by atoms with E-state index in [1.807, 2.05) is 0 Å². The summed E-state index contributed by atoms with van der Waals surface area (Å²) in [5.41, 5.74) is 2.94. The van der Waals surface area contributed by atoms with Gasteiger partial charge in [0.2, 0.25) is 5.78 Å². The molecule has 0 saturated carbocycles. The average molecular weight is 235 g/mol. The van der Waals surface area contributed by atoms with Crippen LogP contribution in [-0.4, -0.2) is 28.7 Å². The van der Waals surface area contributed by atoms with Crippen molar-refractivity contribution in [3.05, 3.63) is 39.9 Å². The molecule has 0 bridgehead atoms. The van der Waals surface area contributed by atoms with Gasteiger partial charge in [-0.25, -0.2) is 5.43 Å². The molecular weight excluding hydrogens is 226 g/mol. The predicted octanol–water partition coefficient (Wildman–Crippen LogP) is 0.182. The van der Waals surface area contributed by atoms with Gasteiger partial charge in [0.05, 0.1) is 4.92 Å². The quantitative estimate of drug-likeness (QED) is 0.448. The van der Waals surface area contributed by atoms with Crippen LogP contribution in [0.15, 0.2) is 24.3 Å². The number of carbonyl (C=O) groups excluding carboxylic acids is 2. The number of likely N-dealkylation sites (N-methyl/N-ethyl adjacent to an activating group) is 1. The monoisotopic (exact) mass is 235 g/mol. The maximum Gasteiger partial charge on any atom is 0.305 e. The molecule has 0 spiro atoms. The topological polar surface area (TPSA) is 92.5 Å². The van der Waals surface area contributed by atoms with Gasteiger partial charge in [-0.15, -0.1) is 0 Å². The minimum absolute atomic E-state index is 0.112. The van der Waals surface area contributed by atoms with Crippen LogP contribution < -0.4 is 5.43 Å². The van der Waals surface area contributed by atoms with Gasteiger partial charge in [-0.3, -0.25) is 24.7 Å². The van der Waals surface area contributed by atoms with Crippen molar-refractivity contribution in [1.29, 1.82) is 0 Å². The van der Waals surface area contributed by atoms with Gasteiger partial charge in [0.1, 0.15) is 6.04 Å². The molecule has 1 fully saturated rings. The molecule has 1 heterocycles. The Morgan fingerprint density at radius 1 is 1.41 bits per heavy atom. The van der Waals surface area contributed by atoms with Gasteiger partial charge in [-0.2, -0.15) is 0 Å². The lowest BCUT2D eigenvalue weighted by atomic mass is 10.0. The number of nitrogens with one attached hydrogen (secondary N) is 1. The molecule has 1 atom stereocenters. The fraction of sp³-hybridized carbons (Fsp3) is 0.200.